The van der Waals surface area contributed by atoms with E-state index in [1.807, 2.05) is 0 Å². The average Bonchev–Trinajstić information content (AvgIpc) is 3.20. The number of carbonyl (C=O) groups excluding carboxylic acids is 2. The molecule has 0 spiro atoms. The number of hydrogen-bond donors (Lipinski definition) is 0. The Balaban J connectivity index is 1.54. The van der Waals surface area contributed by atoms with Gasteiger partial charge in [0.05, 0.1) is 24.3 Å². The topological polar surface area (TPSA) is 71.1 Å². The molecule has 0 saturated carbocycles. The first-order valence-electron chi connectivity index (χ1n) is 8.41. The molecule has 6 heteroatoms. The summed E-state index contributed by atoms with van der Waals surface area (Å²) in [5.41, 5.74) is 0.804. The summed E-state index contributed by atoms with van der Waals surface area (Å²) in [6.07, 6.45) is 1.90. The molecule has 3 rings (SSSR count). The van der Waals surface area contributed by atoms with Crippen LogP contribution in [0.4, 0.5) is 0 Å². The van der Waals surface area contributed by atoms with Crippen molar-refractivity contribution in [2.24, 2.45) is 0 Å². The van der Waals surface area contributed by atoms with E-state index in [0.717, 1.165) is 19.4 Å². The summed E-state index contributed by atoms with van der Waals surface area (Å²) in [5, 5.41) is 0. The number of rotatable bonds is 6. The van der Waals surface area contributed by atoms with Crippen LogP contribution in [0, 0.1) is 0 Å². The van der Waals surface area contributed by atoms with Crippen molar-refractivity contribution in [2.45, 2.75) is 18.9 Å². The number of ether oxygens (including phenoxy) is 4. The van der Waals surface area contributed by atoms with Crippen molar-refractivity contribution >= 4 is 11.9 Å². The van der Waals surface area contributed by atoms with E-state index < -0.39 is 11.9 Å². The Bertz CT molecular complexity index is 745. The standard InChI is InChI=1S/C20H20O6/c1-23-16-8-4-15(5-9-16)20(22)26-17-10-6-14(7-11-17)19(21)25-13-18-3-2-12-24-18/h4-11,18H,2-3,12-13H2,1H3. The first kappa shape index (κ1) is 17.9. The molecule has 0 radical (unpaired) electrons. The van der Waals surface area contributed by atoms with Crippen LogP contribution in [0.2, 0.25) is 0 Å². The van der Waals surface area contributed by atoms with E-state index in [1.54, 1.807) is 55.6 Å². The fraction of sp³-hybridized carbons (Fsp3) is 0.300. The Morgan fingerprint density at radius 1 is 0.962 bits per heavy atom. The van der Waals surface area contributed by atoms with Crippen molar-refractivity contribution in [2.75, 3.05) is 20.3 Å². The zero-order valence-corrected chi connectivity index (χ0v) is 14.5. The van der Waals surface area contributed by atoms with Crippen molar-refractivity contribution in [3.05, 3.63) is 59.7 Å². The predicted octanol–water partition coefficient (Wildman–Crippen LogP) is 3.25. The average molecular weight is 356 g/mol. The van der Waals surface area contributed by atoms with Gasteiger partial charge >= 0.3 is 11.9 Å². The van der Waals surface area contributed by atoms with Crippen molar-refractivity contribution < 1.29 is 28.5 Å². The zero-order valence-electron chi connectivity index (χ0n) is 14.5. The summed E-state index contributed by atoms with van der Waals surface area (Å²) in [6.45, 7) is 0.976. The Hall–Kier alpha value is -2.86. The largest absolute Gasteiger partial charge is 0.497 e. The maximum atomic E-state index is 12.1. The van der Waals surface area contributed by atoms with Gasteiger partial charge < -0.3 is 18.9 Å². The minimum Gasteiger partial charge on any atom is -0.497 e. The molecule has 26 heavy (non-hydrogen) atoms. The quantitative estimate of drug-likeness (QED) is 0.584. The summed E-state index contributed by atoms with van der Waals surface area (Å²) in [5.74, 6) is 0.101. The molecule has 1 saturated heterocycles. The van der Waals surface area contributed by atoms with Gasteiger partial charge in [-0.3, -0.25) is 0 Å². The van der Waals surface area contributed by atoms with Gasteiger partial charge in [0.1, 0.15) is 18.1 Å². The van der Waals surface area contributed by atoms with Gasteiger partial charge in [0.15, 0.2) is 0 Å². The minimum atomic E-state index is -0.485. The maximum absolute atomic E-state index is 12.1. The molecular weight excluding hydrogens is 336 g/mol. The first-order valence-corrected chi connectivity index (χ1v) is 8.41. The monoisotopic (exact) mass is 356 g/mol. The molecule has 0 amide bonds. The third-order valence-corrected chi connectivity index (χ3v) is 4.05. The Morgan fingerprint density at radius 3 is 2.15 bits per heavy atom. The second-order valence-electron chi connectivity index (χ2n) is 5.88. The van der Waals surface area contributed by atoms with Gasteiger partial charge in [-0.25, -0.2) is 9.59 Å². The molecule has 1 atom stereocenters. The van der Waals surface area contributed by atoms with E-state index in [-0.39, 0.29) is 12.7 Å². The Kier molecular flexibility index (Phi) is 5.86. The Labute approximate surface area is 151 Å². The van der Waals surface area contributed by atoms with Gasteiger partial charge in [0.25, 0.3) is 0 Å². The third kappa shape index (κ3) is 4.61. The highest BCUT2D eigenvalue weighted by atomic mass is 16.6. The highest BCUT2D eigenvalue weighted by molar-refractivity contribution is 5.92. The van der Waals surface area contributed by atoms with Gasteiger partial charge in [-0.05, 0) is 61.4 Å². The van der Waals surface area contributed by atoms with Crippen LogP contribution in [0.3, 0.4) is 0 Å². The van der Waals surface area contributed by atoms with Crippen molar-refractivity contribution in [1.82, 2.24) is 0 Å². The molecule has 1 aliphatic rings. The lowest BCUT2D eigenvalue weighted by Gasteiger charge is -2.10. The molecular formula is C20H20O6. The SMILES string of the molecule is COc1ccc(C(=O)Oc2ccc(C(=O)OCC3CCCO3)cc2)cc1. The van der Waals surface area contributed by atoms with Crippen molar-refractivity contribution in [3.8, 4) is 11.5 Å². The van der Waals surface area contributed by atoms with Crippen LogP contribution in [0.25, 0.3) is 0 Å². The lowest BCUT2D eigenvalue weighted by atomic mass is 10.2. The zero-order chi connectivity index (χ0) is 18.4. The summed E-state index contributed by atoms with van der Waals surface area (Å²) >= 11 is 0. The van der Waals surface area contributed by atoms with Gasteiger partial charge in [0.2, 0.25) is 0 Å². The Morgan fingerprint density at radius 2 is 1.58 bits per heavy atom. The lowest BCUT2D eigenvalue weighted by Crippen LogP contribution is -2.17. The molecule has 1 fully saturated rings. The van der Waals surface area contributed by atoms with E-state index in [2.05, 4.69) is 0 Å². The maximum Gasteiger partial charge on any atom is 0.343 e. The summed E-state index contributed by atoms with van der Waals surface area (Å²) < 4.78 is 21.0. The second-order valence-corrected chi connectivity index (χ2v) is 5.88. The molecule has 1 unspecified atom stereocenters. The van der Waals surface area contributed by atoms with Crippen LogP contribution in [0.15, 0.2) is 48.5 Å². The molecule has 2 aromatic rings. The molecule has 0 aliphatic carbocycles. The highest BCUT2D eigenvalue weighted by Gasteiger charge is 2.18. The molecule has 136 valence electrons. The van der Waals surface area contributed by atoms with E-state index in [9.17, 15) is 9.59 Å². The lowest BCUT2D eigenvalue weighted by molar-refractivity contribution is 0.0161. The van der Waals surface area contributed by atoms with E-state index in [4.69, 9.17) is 18.9 Å². The molecule has 0 N–H and O–H groups in total. The van der Waals surface area contributed by atoms with Crippen LogP contribution in [-0.2, 0) is 9.47 Å². The number of benzene rings is 2. The van der Waals surface area contributed by atoms with Gasteiger partial charge in [-0.1, -0.05) is 0 Å². The van der Waals surface area contributed by atoms with Gasteiger partial charge in [0, 0.05) is 6.61 Å². The highest BCUT2D eigenvalue weighted by Crippen LogP contribution is 2.18. The number of methoxy groups -OCH3 is 1. The van der Waals surface area contributed by atoms with E-state index in [0.29, 0.717) is 22.6 Å². The van der Waals surface area contributed by atoms with Crippen LogP contribution in [-0.4, -0.2) is 38.4 Å². The van der Waals surface area contributed by atoms with Gasteiger partial charge in [-0.2, -0.15) is 0 Å². The molecule has 0 aromatic heterocycles. The van der Waals surface area contributed by atoms with E-state index >= 15 is 0 Å². The van der Waals surface area contributed by atoms with Crippen LogP contribution in [0.1, 0.15) is 33.6 Å². The summed E-state index contributed by atoms with van der Waals surface area (Å²) in [7, 11) is 1.56. The normalized spacial score (nSPS) is 16.1. The molecule has 1 aliphatic heterocycles. The van der Waals surface area contributed by atoms with Crippen molar-refractivity contribution in [3.63, 3.8) is 0 Å². The van der Waals surface area contributed by atoms with Crippen LogP contribution < -0.4 is 9.47 Å². The fourth-order valence-corrected chi connectivity index (χ4v) is 2.58. The smallest absolute Gasteiger partial charge is 0.343 e. The van der Waals surface area contributed by atoms with Gasteiger partial charge in [-0.15, -0.1) is 0 Å². The number of esters is 2. The molecule has 2 aromatic carbocycles. The summed E-state index contributed by atoms with van der Waals surface area (Å²) in [4.78, 5) is 24.1. The van der Waals surface area contributed by atoms with Crippen LogP contribution in [0.5, 0.6) is 11.5 Å². The second kappa shape index (κ2) is 8.49. The minimum absolute atomic E-state index is 0.0105. The fourth-order valence-electron chi connectivity index (χ4n) is 2.58. The molecule has 0 bridgehead atoms. The molecule has 6 nitrogen and oxygen atoms in total. The predicted molar refractivity (Wildman–Crippen MR) is 93.7 cm³/mol. The van der Waals surface area contributed by atoms with E-state index in [1.165, 1.54) is 0 Å². The number of carbonyl (C=O) groups is 2. The third-order valence-electron chi connectivity index (χ3n) is 4.05. The van der Waals surface area contributed by atoms with Crippen molar-refractivity contribution in [1.29, 1.82) is 0 Å². The number of hydrogen-bond acceptors (Lipinski definition) is 6. The first-order chi connectivity index (χ1) is 12.7. The molecule has 1 heterocycles. The van der Waals surface area contributed by atoms with Crippen LogP contribution >= 0.6 is 0 Å². The summed E-state index contributed by atoms with van der Waals surface area (Å²) in [6, 6.07) is 12.9.